The second-order valence-corrected chi connectivity index (χ2v) is 4.19. The standard InChI is InChI=1S/C14H14FN3/c1-3-18-9-13(10(2)17-18)6-11-4-5-14(15)7-12(11)8-16/h4-5,7,9H,3,6H2,1-2H3. The minimum Gasteiger partial charge on any atom is -0.272 e. The summed E-state index contributed by atoms with van der Waals surface area (Å²) in [4.78, 5) is 0. The van der Waals surface area contributed by atoms with Crippen LogP contribution in [-0.2, 0) is 13.0 Å². The van der Waals surface area contributed by atoms with E-state index < -0.39 is 0 Å². The normalized spacial score (nSPS) is 10.3. The first-order valence-corrected chi connectivity index (χ1v) is 5.85. The Balaban J connectivity index is 2.34. The Bertz CT molecular complexity index is 608. The molecule has 2 aromatic rings. The Morgan fingerprint density at radius 1 is 1.39 bits per heavy atom. The van der Waals surface area contributed by atoms with Crippen LogP contribution < -0.4 is 0 Å². The molecule has 1 aromatic carbocycles. The number of hydrogen-bond donors (Lipinski definition) is 0. The molecular formula is C14H14FN3. The maximum atomic E-state index is 13.0. The molecule has 0 saturated carbocycles. The molecule has 3 nitrogen and oxygen atoms in total. The molecule has 1 heterocycles. The van der Waals surface area contributed by atoms with Crippen molar-refractivity contribution in [1.82, 2.24) is 9.78 Å². The van der Waals surface area contributed by atoms with Gasteiger partial charge in [-0.15, -0.1) is 0 Å². The highest BCUT2D eigenvalue weighted by Crippen LogP contribution is 2.17. The number of halogens is 1. The van der Waals surface area contributed by atoms with Crippen LogP contribution in [0.15, 0.2) is 24.4 Å². The topological polar surface area (TPSA) is 41.6 Å². The van der Waals surface area contributed by atoms with Gasteiger partial charge in [0.05, 0.1) is 17.3 Å². The molecule has 0 radical (unpaired) electrons. The lowest BCUT2D eigenvalue weighted by molar-refractivity contribution is 0.626. The SMILES string of the molecule is CCn1cc(Cc2ccc(F)cc2C#N)c(C)n1. The minimum absolute atomic E-state index is 0.378. The van der Waals surface area contributed by atoms with Crippen molar-refractivity contribution >= 4 is 0 Å². The lowest BCUT2D eigenvalue weighted by Crippen LogP contribution is -1.94. The van der Waals surface area contributed by atoms with E-state index in [0.29, 0.717) is 12.0 Å². The van der Waals surface area contributed by atoms with Crippen molar-refractivity contribution in [3.63, 3.8) is 0 Å². The average Bonchev–Trinajstić information content (AvgIpc) is 2.72. The predicted octanol–water partition coefficient (Wildman–Crippen LogP) is 2.81. The summed E-state index contributed by atoms with van der Waals surface area (Å²) in [6.45, 7) is 4.78. The Hall–Kier alpha value is -2.15. The molecule has 2 rings (SSSR count). The zero-order valence-electron chi connectivity index (χ0n) is 10.4. The van der Waals surface area contributed by atoms with Crippen molar-refractivity contribution in [1.29, 1.82) is 5.26 Å². The molecule has 18 heavy (non-hydrogen) atoms. The number of aromatic nitrogens is 2. The van der Waals surface area contributed by atoms with Gasteiger partial charge in [0, 0.05) is 19.2 Å². The Kier molecular flexibility index (Phi) is 3.42. The molecule has 0 amide bonds. The van der Waals surface area contributed by atoms with Crippen molar-refractivity contribution in [2.24, 2.45) is 0 Å². The zero-order valence-corrected chi connectivity index (χ0v) is 10.4. The Morgan fingerprint density at radius 3 is 2.78 bits per heavy atom. The molecule has 1 aromatic heterocycles. The van der Waals surface area contributed by atoms with Crippen molar-refractivity contribution in [2.45, 2.75) is 26.8 Å². The molecule has 0 aliphatic heterocycles. The second-order valence-electron chi connectivity index (χ2n) is 4.19. The number of hydrogen-bond acceptors (Lipinski definition) is 2. The molecule has 0 atom stereocenters. The Morgan fingerprint density at radius 2 is 2.17 bits per heavy atom. The molecule has 4 heteroatoms. The van der Waals surface area contributed by atoms with Crippen LogP contribution >= 0.6 is 0 Å². The lowest BCUT2D eigenvalue weighted by Gasteiger charge is -2.03. The average molecular weight is 243 g/mol. The molecular weight excluding hydrogens is 229 g/mol. The fourth-order valence-corrected chi connectivity index (χ4v) is 1.91. The van der Waals surface area contributed by atoms with Crippen LogP contribution in [-0.4, -0.2) is 9.78 Å². The van der Waals surface area contributed by atoms with Gasteiger partial charge in [-0.1, -0.05) is 6.07 Å². The van der Waals surface area contributed by atoms with Gasteiger partial charge in [-0.25, -0.2) is 4.39 Å². The summed E-state index contributed by atoms with van der Waals surface area (Å²) in [6, 6.07) is 6.35. The van der Waals surface area contributed by atoms with Gasteiger partial charge in [-0.2, -0.15) is 10.4 Å². The number of aryl methyl sites for hydroxylation is 2. The van der Waals surface area contributed by atoms with Crippen LogP contribution in [0.5, 0.6) is 0 Å². The maximum absolute atomic E-state index is 13.0. The van der Waals surface area contributed by atoms with Crippen molar-refractivity contribution in [3.05, 3.63) is 52.6 Å². The molecule has 0 unspecified atom stereocenters. The van der Waals surface area contributed by atoms with E-state index in [1.54, 1.807) is 6.07 Å². The van der Waals surface area contributed by atoms with Gasteiger partial charge in [0.25, 0.3) is 0 Å². The molecule has 0 bridgehead atoms. The zero-order chi connectivity index (χ0) is 13.1. The van der Waals surface area contributed by atoms with E-state index >= 15 is 0 Å². The molecule has 0 aliphatic carbocycles. The molecule has 0 spiro atoms. The van der Waals surface area contributed by atoms with Gasteiger partial charge in [0.2, 0.25) is 0 Å². The van der Waals surface area contributed by atoms with Crippen LogP contribution in [0.1, 0.15) is 29.3 Å². The van der Waals surface area contributed by atoms with Crippen molar-refractivity contribution in [3.8, 4) is 6.07 Å². The number of nitriles is 1. The number of nitrogens with zero attached hydrogens (tertiary/aromatic N) is 3. The minimum atomic E-state index is -0.378. The van der Waals surface area contributed by atoms with Crippen LogP contribution in [0.2, 0.25) is 0 Å². The highest BCUT2D eigenvalue weighted by atomic mass is 19.1. The summed E-state index contributed by atoms with van der Waals surface area (Å²) in [6.07, 6.45) is 2.58. The van der Waals surface area contributed by atoms with Crippen LogP contribution in [0.25, 0.3) is 0 Å². The quantitative estimate of drug-likeness (QED) is 0.831. The van der Waals surface area contributed by atoms with E-state index in [1.165, 1.54) is 12.1 Å². The van der Waals surface area contributed by atoms with E-state index in [2.05, 4.69) is 5.10 Å². The van der Waals surface area contributed by atoms with E-state index in [4.69, 9.17) is 5.26 Å². The highest BCUT2D eigenvalue weighted by Gasteiger charge is 2.09. The smallest absolute Gasteiger partial charge is 0.124 e. The van der Waals surface area contributed by atoms with Crippen molar-refractivity contribution < 1.29 is 4.39 Å². The third-order valence-corrected chi connectivity index (χ3v) is 2.95. The summed E-state index contributed by atoms with van der Waals surface area (Å²) in [5.41, 5.74) is 3.24. The third-order valence-electron chi connectivity index (χ3n) is 2.95. The summed E-state index contributed by atoms with van der Waals surface area (Å²) < 4.78 is 14.9. The van der Waals surface area contributed by atoms with Gasteiger partial charge in [-0.3, -0.25) is 4.68 Å². The molecule has 0 N–H and O–H groups in total. The largest absolute Gasteiger partial charge is 0.272 e. The molecule has 0 fully saturated rings. The van der Waals surface area contributed by atoms with Gasteiger partial charge in [0.1, 0.15) is 5.82 Å². The molecule has 92 valence electrons. The molecule has 0 saturated heterocycles. The first-order chi connectivity index (χ1) is 8.63. The fourth-order valence-electron chi connectivity index (χ4n) is 1.91. The molecule has 0 aliphatic rings. The van der Waals surface area contributed by atoms with Crippen LogP contribution in [0.4, 0.5) is 4.39 Å². The van der Waals surface area contributed by atoms with E-state index in [1.807, 2.05) is 30.8 Å². The predicted molar refractivity (Wildman–Crippen MR) is 66.6 cm³/mol. The maximum Gasteiger partial charge on any atom is 0.124 e. The van der Waals surface area contributed by atoms with Crippen LogP contribution in [0, 0.1) is 24.1 Å². The summed E-state index contributed by atoms with van der Waals surface area (Å²) in [7, 11) is 0. The van der Waals surface area contributed by atoms with E-state index in [0.717, 1.165) is 23.4 Å². The summed E-state index contributed by atoms with van der Waals surface area (Å²) in [5, 5.41) is 13.4. The van der Waals surface area contributed by atoms with E-state index in [-0.39, 0.29) is 5.82 Å². The number of benzene rings is 1. The summed E-state index contributed by atoms with van der Waals surface area (Å²) in [5.74, 6) is -0.378. The first-order valence-electron chi connectivity index (χ1n) is 5.85. The Labute approximate surface area is 105 Å². The van der Waals surface area contributed by atoms with Gasteiger partial charge in [0.15, 0.2) is 0 Å². The van der Waals surface area contributed by atoms with Gasteiger partial charge >= 0.3 is 0 Å². The van der Waals surface area contributed by atoms with Crippen molar-refractivity contribution in [2.75, 3.05) is 0 Å². The third kappa shape index (κ3) is 2.40. The van der Waals surface area contributed by atoms with Crippen LogP contribution in [0.3, 0.4) is 0 Å². The summed E-state index contributed by atoms with van der Waals surface area (Å²) >= 11 is 0. The highest BCUT2D eigenvalue weighted by molar-refractivity contribution is 5.41. The van der Waals surface area contributed by atoms with E-state index in [9.17, 15) is 4.39 Å². The van der Waals surface area contributed by atoms with Gasteiger partial charge in [-0.05, 0) is 37.1 Å². The monoisotopic (exact) mass is 243 g/mol. The second kappa shape index (κ2) is 5.01. The first kappa shape index (κ1) is 12.3. The number of rotatable bonds is 3. The lowest BCUT2D eigenvalue weighted by atomic mass is 10.0. The van der Waals surface area contributed by atoms with Gasteiger partial charge < -0.3 is 0 Å². The fraction of sp³-hybridized carbons (Fsp3) is 0.286.